The number of pyridine rings is 1. The van der Waals surface area contributed by atoms with E-state index in [0.29, 0.717) is 18.8 Å². The van der Waals surface area contributed by atoms with Crippen molar-refractivity contribution < 1.29 is 4.79 Å². The van der Waals surface area contributed by atoms with Crippen LogP contribution in [-0.2, 0) is 11.3 Å². The number of carbonyl (C=O) groups is 1. The Morgan fingerprint density at radius 1 is 1.12 bits per heavy atom. The van der Waals surface area contributed by atoms with Crippen molar-refractivity contribution >= 4 is 17.7 Å². The average Bonchev–Trinajstić information content (AvgIpc) is 3.08. The molecule has 2 aromatic heterocycles. The first-order chi connectivity index (χ1) is 12.8. The molecular weight excluding hydrogens is 346 g/mol. The topological polar surface area (TPSA) is 72.7 Å². The van der Waals surface area contributed by atoms with E-state index < -0.39 is 0 Å². The van der Waals surface area contributed by atoms with Crippen molar-refractivity contribution in [1.29, 1.82) is 0 Å². The molecule has 0 fully saturated rings. The van der Waals surface area contributed by atoms with Gasteiger partial charge < -0.3 is 5.32 Å². The van der Waals surface area contributed by atoms with Gasteiger partial charge in [-0.15, -0.1) is 10.2 Å². The fraction of sp³-hybridized carbons (Fsp3) is 0.263. The Kier molecular flexibility index (Phi) is 6.38. The molecule has 0 aliphatic carbocycles. The Hall–Kier alpha value is -2.67. The summed E-state index contributed by atoms with van der Waals surface area (Å²) in [7, 11) is 0. The van der Waals surface area contributed by atoms with Gasteiger partial charge in [0, 0.05) is 24.5 Å². The van der Waals surface area contributed by atoms with Crippen molar-refractivity contribution in [3.05, 3.63) is 60.4 Å². The monoisotopic (exact) mass is 367 g/mol. The van der Waals surface area contributed by atoms with Gasteiger partial charge in [-0.1, -0.05) is 49.0 Å². The summed E-state index contributed by atoms with van der Waals surface area (Å²) in [6.45, 7) is 3.37. The third kappa shape index (κ3) is 4.70. The van der Waals surface area contributed by atoms with E-state index in [-0.39, 0.29) is 5.91 Å². The minimum atomic E-state index is 0.0107. The van der Waals surface area contributed by atoms with Crippen LogP contribution >= 0.6 is 11.8 Å². The van der Waals surface area contributed by atoms with Gasteiger partial charge in [-0.05, 0) is 24.1 Å². The van der Waals surface area contributed by atoms with Gasteiger partial charge in [-0.25, -0.2) is 0 Å². The maximum atomic E-state index is 11.9. The first-order valence-electron chi connectivity index (χ1n) is 8.55. The van der Waals surface area contributed by atoms with E-state index in [1.165, 1.54) is 11.8 Å². The zero-order valence-electron chi connectivity index (χ0n) is 14.6. The lowest BCUT2D eigenvalue weighted by molar-refractivity contribution is -0.118. The van der Waals surface area contributed by atoms with E-state index in [9.17, 15) is 4.79 Å². The molecule has 0 saturated carbocycles. The van der Waals surface area contributed by atoms with Gasteiger partial charge in [0.05, 0.1) is 12.3 Å². The van der Waals surface area contributed by atoms with Crippen LogP contribution in [0.1, 0.15) is 18.9 Å². The van der Waals surface area contributed by atoms with Crippen LogP contribution in [-0.4, -0.2) is 38.0 Å². The van der Waals surface area contributed by atoms with Gasteiger partial charge in [0.15, 0.2) is 11.0 Å². The Morgan fingerprint density at radius 3 is 2.62 bits per heavy atom. The molecule has 0 radical (unpaired) electrons. The third-order valence-corrected chi connectivity index (χ3v) is 4.71. The maximum Gasteiger partial charge on any atom is 0.230 e. The molecule has 3 rings (SSSR count). The van der Waals surface area contributed by atoms with E-state index >= 15 is 0 Å². The van der Waals surface area contributed by atoms with Gasteiger partial charge >= 0.3 is 0 Å². The number of rotatable bonds is 8. The summed E-state index contributed by atoms with van der Waals surface area (Å²) in [6.07, 6.45) is 4.40. The molecular formula is C19H21N5OS. The summed E-state index contributed by atoms with van der Waals surface area (Å²) in [5.41, 5.74) is 2.10. The fourth-order valence-electron chi connectivity index (χ4n) is 2.46. The highest BCUT2D eigenvalue weighted by atomic mass is 32.2. The Bertz CT molecular complexity index is 836. The highest BCUT2D eigenvalue weighted by molar-refractivity contribution is 7.99. The lowest BCUT2D eigenvalue weighted by Crippen LogP contribution is -2.25. The molecule has 3 aromatic rings. The summed E-state index contributed by atoms with van der Waals surface area (Å²) in [5, 5.41) is 12.3. The van der Waals surface area contributed by atoms with E-state index in [0.717, 1.165) is 28.5 Å². The third-order valence-electron chi connectivity index (χ3n) is 3.74. The predicted molar refractivity (Wildman–Crippen MR) is 103 cm³/mol. The van der Waals surface area contributed by atoms with Crippen molar-refractivity contribution in [3.8, 4) is 11.4 Å². The molecule has 134 valence electrons. The van der Waals surface area contributed by atoms with Gasteiger partial charge in [0.2, 0.25) is 5.91 Å². The van der Waals surface area contributed by atoms with Crippen LogP contribution in [0.3, 0.4) is 0 Å². The van der Waals surface area contributed by atoms with Crippen LogP contribution in [0.15, 0.2) is 60.0 Å². The first kappa shape index (κ1) is 18.1. The predicted octanol–water partition coefficient (Wildman–Crippen LogP) is 3.01. The number of thioether (sulfide) groups is 1. The number of nitrogens with one attached hydrogen (secondary N) is 1. The number of nitrogens with zero attached hydrogens (tertiary/aromatic N) is 4. The molecule has 26 heavy (non-hydrogen) atoms. The van der Waals surface area contributed by atoms with Crippen LogP contribution < -0.4 is 5.32 Å². The van der Waals surface area contributed by atoms with Crippen LogP contribution in [0, 0.1) is 0 Å². The SMILES string of the molecule is CCCNC(=O)CSc1nnc(-c2ccncc2)n1Cc1ccccc1. The number of benzene rings is 1. The fourth-order valence-corrected chi connectivity index (χ4v) is 3.23. The highest BCUT2D eigenvalue weighted by Gasteiger charge is 2.16. The molecule has 2 heterocycles. The largest absolute Gasteiger partial charge is 0.355 e. The second kappa shape index (κ2) is 9.15. The molecule has 0 atom stereocenters. The molecule has 0 saturated heterocycles. The molecule has 1 amide bonds. The van der Waals surface area contributed by atoms with Crippen molar-refractivity contribution in [2.45, 2.75) is 25.0 Å². The molecule has 0 spiro atoms. The minimum Gasteiger partial charge on any atom is -0.355 e. The Labute approximate surface area is 157 Å². The van der Waals surface area contributed by atoms with Crippen molar-refractivity contribution in [3.63, 3.8) is 0 Å². The van der Waals surface area contributed by atoms with Gasteiger partial charge in [0.25, 0.3) is 0 Å². The zero-order chi connectivity index (χ0) is 18.2. The minimum absolute atomic E-state index is 0.0107. The summed E-state index contributed by atoms with van der Waals surface area (Å²) >= 11 is 1.40. The summed E-state index contributed by atoms with van der Waals surface area (Å²) in [5.74, 6) is 1.10. The number of carbonyl (C=O) groups excluding carboxylic acids is 1. The normalized spacial score (nSPS) is 10.7. The quantitative estimate of drug-likeness (QED) is 0.620. The molecule has 6 nitrogen and oxygen atoms in total. The van der Waals surface area contributed by atoms with E-state index in [2.05, 4.69) is 32.6 Å². The number of hydrogen-bond donors (Lipinski definition) is 1. The average molecular weight is 367 g/mol. The van der Waals surface area contributed by atoms with Crippen LogP contribution in [0.2, 0.25) is 0 Å². The molecule has 0 unspecified atom stereocenters. The summed E-state index contributed by atoms with van der Waals surface area (Å²) in [6, 6.07) is 14.0. The molecule has 1 aromatic carbocycles. The van der Waals surface area contributed by atoms with Crippen LogP contribution in [0.5, 0.6) is 0 Å². The first-order valence-corrected chi connectivity index (χ1v) is 9.53. The Balaban J connectivity index is 1.84. The van der Waals surface area contributed by atoms with E-state index in [4.69, 9.17) is 0 Å². The van der Waals surface area contributed by atoms with Crippen LogP contribution in [0.4, 0.5) is 0 Å². The summed E-state index contributed by atoms with van der Waals surface area (Å²) < 4.78 is 2.04. The second-order valence-corrected chi connectivity index (χ2v) is 6.69. The Morgan fingerprint density at radius 2 is 1.88 bits per heavy atom. The van der Waals surface area contributed by atoms with E-state index in [1.54, 1.807) is 12.4 Å². The van der Waals surface area contributed by atoms with Crippen LogP contribution in [0.25, 0.3) is 11.4 Å². The molecule has 0 aliphatic rings. The van der Waals surface area contributed by atoms with Crippen molar-refractivity contribution in [2.24, 2.45) is 0 Å². The van der Waals surface area contributed by atoms with Crippen molar-refractivity contribution in [2.75, 3.05) is 12.3 Å². The van der Waals surface area contributed by atoms with Crippen molar-refractivity contribution in [1.82, 2.24) is 25.1 Å². The smallest absolute Gasteiger partial charge is 0.230 e. The lowest BCUT2D eigenvalue weighted by atomic mass is 10.2. The highest BCUT2D eigenvalue weighted by Crippen LogP contribution is 2.24. The number of hydrogen-bond acceptors (Lipinski definition) is 5. The molecule has 1 N–H and O–H groups in total. The standard InChI is InChI=1S/C19H21N5OS/c1-2-10-21-17(25)14-26-19-23-22-18(16-8-11-20-12-9-16)24(19)13-15-6-4-3-5-7-15/h3-9,11-12H,2,10,13-14H2,1H3,(H,21,25). The molecule has 0 bridgehead atoms. The number of amides is 1. The van der Waals surface area contributed by atoms with Gasteiger partial charge in [0.1, 0.15) is 0 Å². The number of aromatic nitrogens is 4. The van der Waals surface area contributed by atoms with Gasteiger partial charge in [-0.2, -0.15) is 0 Å². The zero-order valence-corrected chi connectivity index (χ0v) is 15.4. The second-order valence-electron chi connectivity index (χ2n) is 5.75. The maximum absolute atomic E-state index is 11.9. The summed E-state index contributed by atoms with van der Waals surface area (Å²) in [4.78, 5) is 16.0. The lowest BCUT2D eigenvalue weighted by Gasteiger charge is -2.10. The van der Waals surface area contributed by atoms with Gasteiger partial charge in [-0.3, -0.25) is 14.3 Å². The molecule has 0 aliphatic heterocycles. The van der Waals surface area contributed by atoms with E-state index in [1.807, 2.05) is 41.8 Å². The molecule has 7 heteroatoms.